The van der Waals surface area contributed by atoms with Crippen molar-refractivity contribution in [1.29, 1.82) is 0 Å². The highest BCUT2D eigenvalue weighted by molar-refractivity contribution is 5.34. The van der Waals surface area contributed by atoms with E-state index in [0.29, 0.717) is 6.04 Å². The van der Waals surface area contributed by atoms with Crippen molar-refractivity contribution in [2.45, 2.75) is 25.4 Å². The van der Waals surface area contributed by atoms with Crippen LogP contribution in [0.15, 0.2) is 42.6 Å². The molecule has 0 radical (unpaired) electrons. The molecule has 1 aliphatic carbocycles. The number of rotatable bonds is 3. The summed E-state index contributed by atoms with van der Waals surface area (Å²) in [4.78, 5) is 0. The minimum absolute atomic E-state index is 0.466. The molecule has 1 unspecified atom stereocenters. The fraction of sp³-hybridized carbons (Fsp3) is 0.286. The molecule has 17 heavy (non-hydrogen) atoms. The van der Waals surface area contributed by atoms with Crippen LogP contribution in [0.25, 0.3) is 0 Å². The molecule has 86 valence electrons. The summed E-state index contributed by atoms with van der Waals surface area (Å²) in [6.45, 7) is 0.785. The summed E-state index contributed by atoms with van der Waals surface area (Å²) >= 11 is 0. The first-order valence-electron chi connectivity index (χ1n) is 6.01. The highest BCUT2D eigenvalue weighted by Gasteiger charge is 2.20. The molecule has 1 aromatic heterocycles. The van der Waals surface area contributed by atoms with Crippen LogP contribution in [0.4, 0.5) is 0 Å². The topological polar surface area (TPSA) is 37.8 Å². The highest BCUT2D eigenvalue weighted by atomic mass is 15.1. The van der Waals surface area contributed by atoms with Crippen LogP contribution in [0.1, 0.15) is 29.3 Å². The summed E-state index contributed by atoms with van der Waals surface area (Å²) in [6, 6.07) is 13.1. The summed E-state index contributed by atoms with van der Waals surface area (Å²) in [7, 11) is 0. The van der Waals surface area contributed by atoms with Gasteiger partial charge in [0.25, 0.3) is 0 Å². The van der Waals surface area contributed by atoms with Gasteiger partial charge in [-0.3, -0.25) is 0 Å². The predicted octanol–water partition coefficient (Wildman–Crippen LogP) is 2.25. The van der Waals surface area contributed by atoms with E-state index in [1.807, 2.05) is 12.1 Å². The fourth-order valence-electron chi connectivity index (χ4n) is 2.42. The zero-order valence-corrected chi connectivity index (χ0v) is 9.63. The second-order valence-corrected chi connectivity index (χ2v) is 4.39. The molecule has 1 aromatic carbocycles. The minimum Gasteiger partial charge on any atom is -0.304 e. The normalized spacial score (nSPS) is 18.0. The molecule has 1 N–H and O–H groups in total. The van der Waals surface area contributed by atoms with Crippen molar-refractivity contribution < 1.29 is 0 Å². The van der Waals surface area contributed by atoms with Crippen LogP contribution in [0.3, 0.4) is 0 Å². The average molecular weight is 225 g/mol. The number of aromatic nitrogens is 2. The molecule has 0 amide bonds. The van der Waals surface area contributed by atoms with Gasteiger partial charge in [-0.25, -0.2) is 0 Å². The van der Waals surface area contributed by atoms with Gasteiger partial charge in [0.2, 0.25) is 0 Å². The van der Waals surface area contributed by atoms with Crippen molar-refractivity contribution in [2.24, 2.45) is 0 Å². The number of benzene rings is 1. The summed E-state index contributed by atoms with van der Waals surface area (Å²) in [5.74, 6) is 0. The molecule has 1 heterocycles. The molecule has 0 bridgehead atoms. The van der Waals surface area contributed by atoms with Gasteiger partial charge in [-0.15, -0.1) is 0 Å². The third kappa shape index (κ3) is 2.19. The maximum absolute atomic E-state index is 4.08. The lowest BCUT2D eigenvalue weighted by Crippen LogP contribution is -2.19. The van der Waals surface area contributed by atoms with Crippen molar-refractivity contribution in [3.8, 4) is 0 Å². The Kier molecular flexibility index (Phi) is 2.84. The maximum atomic E-state index is 4.08. The lowest BCUT2D eigenvalue weighted by Gasteiger charge is -2.13. The van der Waals surface area contributed by atoms with Crippen molar-refractivity contribution in [1.82, 2.24) is 15.5 Å². The van der Waals surface area contributed by atoms with E-state index in [1.165, 1.54) is 24.0 Å². The molecular weight excluding hydrogens is 210 g/mol. The minimum atomic E-state index is 0.466. The van der Waals surface area contributed by atoms with Crippen molar-refractivity contribution in [3.05, 3.63) is 59.4 Å². The predicted molar refractivity (Wildman–Crippen MR) is 66.4 cm³/mol. The van der Waals surface area contributed by atoms with Gasteiger partial charge in [0, 0.05) is 18.8 Å². The number of nitrogens with zero attached hydrogens (tertiary/aromatic N) is 2. The van der Waals surface area contributed by atoms with Gasteiger partial charge in [0.1, 0.15) is 0 Å². The summed E-state index contributed by atoms with van der Waals surface area (Å²) in [6.07, 6.45) is 4.06. The van der Waals surface area contributed by atoms with Gasteiger partial charge >= 0.3 is 0 Å². The van der Waals surface area contributed by atoms with Gasteiger partial charge in [0.05, 0.1) is 5.69 Å². The Morgan fingerprint density at radius 3 is 3.00 bits per heavy atom. The molecule has 3 rings (SSSR count). The molecule has 0 spiro atoms. The quantitative estimate of drug-likeness (QED) is 0.870. The Morgan fingerprint density at radius 2 is 2.12 bits per heavy atom. The van der Waals surface area contributed by atoms with Crippen LogP contribution in [0.5, 0.6) is 0 Å². The van der Waals surface area contributed by atoms with Crippen LogP contribution in [0, 0.1) is 0 Å². The zero-order chi connectivity index (χ0) is 11.5. The number of hydrogen-bond donors (Lipinski definition) is 1. The van der Waals surface area contributed by atoms with Crippen molar-refractivity contribution >= 4 is 0 Å². The molecule has 0 aliphatic heterocycles. The van der Waals surface area contributed by atoms with Gasteiger partial charge < -0.3 is 5.32 Å². The second-order valence-electron chi connectivity index (χ2n) is 4.39. The number of nitrogens with one attached hydrogen (secondary N) is 1. The van der Waals surface area contributed by atoms with Crippen molar-refractivity contribution in [2.75, 3.05) is 0 Å². The van der Waals surface area contributed by atoms with E-state index >= 15 is 0 Å². The smallest absolute Gasteiger partial charge is 0.0769 e. The zero-order valence-electron chi connectivity index (χ0n) is 9.63. The van der Waals surface area contributed by atoms with E-state index in [2.05, 4.69) is 39.8 Å². The summed E-state index contributed by atoms with van der Waals surface area (Å²) in [5, 5.41) is 11.5. The SMILES string of the molecule is c1cnnc(CNC2CCc3ccccc32)c1. The van der Waals surface area contributed by atoms with Crippen LogP contribution >= 0.6 is 0 Å². The third-order valence-corrected chi connectivity index (χ3v) is 3.29. The highest BCUT2D eigenvalue weighted by Crippen LogP contribution is 2.30. The standard InChI is InChI=1S/C14H15N3/c1-2-6-13-11(4-1)7-8-14(13)15-10-12-5-3-9-16-17-12/h1-6,9,14-15H,7-8,10H2. The first-order valence-corrected chi connectivity index (χ1v) is 6.01. The maximum Gasteiger partial charge on any atom is 0.0769 e. The van der Waals surface area contributed by atoms with Gasteiger partial charge in [-0.1, -0.05) is 24.3 Å². The Hall–Kier alpha value is -1.74. The van der Waals surface area contributed by atoms with E-state index < -0.39 is 0 Å². The first-order chi connectivity index (χ1) is 8.43. The molecule has 3 nitrogen and oxygen atoms in total. The largest absolute Gasteiger partial charge is 0.304 e. The van der Waals surface area contributed by atoms with Crippen LogP contribution in [0.2, 0.25) is 0 Å². The van der Waals surface area contributed by atoms with E-state index in [1.54, 1.807) is 6.20 Å². The second kappa shape index (κ2) is 4.63. The number of hydrogen-bond acceptors (Lipinski definition) is 3. The Morgan fingerprint density at radius 1 is 1.18 bits per heavy atom. The molecule has 3 heteroatoms. The number of fused-ring (bicyclic) bond motifs is 1. The molecular formula is C14H15N3. The van der Waals surface area contributed by atoms with E-state index in [0.717, 1.165) is 12.2 Å². The van der Waals surface area contributed by atoms with Crippen LogP contribution in [-0.4, -0.2) is 10.2 Å². The summed E-state index contributed by atoms with van der Waals surface area (Å²) < 4.78 is 0. The monoisotopic (exact) mass is 225 g/mol. The van der Waals surface area contributed by atoms with Crippen LogP contribution in [-0.2, 0) is 13.0 Å². The van der Waals surface area contributed by atoms with Crippen LogP contribution < -0.4 is 5.32 Å². The Balaban J connectivity index is 1.68. The van der Waals surface area contributed by atoms with E-state index in [4.69, 9.17) is 0 Å². The molecule has 1 atom stereocenters. The van der Waals surface area contributed by atoms with Crippen molar-refractivity contribution in [3.63, 3.8) is 0 Å². The van der Waals surface area contributed by atoms with E-state index in [-0.39, 0.29) is 0 Å². The number of aryl methyl sites for hydroxylation is 1. The average Bonchev–Trinajstić information content (AvgIpc) is 2.81. The summed E-state index contributed by atoms with van der Waals surface area (Å²) in [5.41, 5.74) is 3.91. The molecule has 2 aromatic rings. The molecule has 0 saturated heterocycles. The fourth-order valence-corrected chi connectivity index (χ4v) is 2.42. The Bertz CT molecular complexity index is 496. The first kappa shape index (κ1) is 10.4. The van der Waals surface area contributed by atoms with E-state index in [9.17, 15) is 0 Å². The molecule has 0 fully saturated rings. The van der Waals surface area contributed by atoms with Gasteiger partial charge in [-0.2, -0.15) is 10.2 Å². The molecule has 0 saturated carbocycles. The Labute approximate surface area is 101 Å². The third-order valence-electron chi connectivity index (χ3n) is 3.29. The van der Waals surface area contributed by atoms with Gasteiger partial charge in [0.15, 0.2) is 0 Å². The lowest BCUT2D eigenvalue weighted by atomic mass is 10.1. The van der Waals surface area contributed by atoms with Gasteiger partial charge in [-0.05, 0) is 36.1 Å². The molecule has 1 aliphatic rings. The lowest BCUT2D eigenvalue weighted by molar-refractivity contribution is 0.523.